The Morgan fingerprint density at radius 2 is 2.05 bits per heavy atom. The van der Waals surface area contributed by atoms with Crippen molar-refractivity contribution in [2.24, 2.45) is 0 Å². The molecular formula is C12H12Cl2N2O3. The van der Waals surface area contributed by atoms with Crippen LogP contribution < -0.4 is 5.32 Å². The van der Waals surface area contributed by atoms with Gasteiger partial charge in [-0.2, -0.15) is 0 Å². The molecule has 0 aliphatic carbocycles. The molecule has 0 fully saturated rings. The zero-order chi connectivity index (χ0) is 14.4. The third-order valence-electron chi connectivity index (χ3n) is 2.27. The Morgan fingerprint density at radius 1 is 1.47 bits per heavy atom. The Labute approximate surface area is 120 Å². The van der Waals surface area contributed by atoms with Gasteiger partial charge in [0, 0.05) is 12.4 Å². The number of amides is 1. The molecule has 0 aliphatic rings. The van der Waals surface area contributed by atoms with Crippen molar-refractivity contribution in [3.8, 4) is 0 Å². The number of rotatable bonds is 5. The number of methoxy groups -OCH3 is 1. The van der Waals surface area contributed by atoms with Crippen LogP contribution in [0.1, 0.15) is 16.8 Å². The summed E-state index contributed by atoms with van der Waals surface area (Å²) in [7, 11) is 1.23. The first-order valence-corrected chi connectivity index (χ1v) is 6.05. The molecule has 19 heavy (non-hydrogen) atoms. The van der Waals surface area contributed by atoms with E-state index in [1.165, 1.54) is 25.6 Å². The van der Waals surface area contributed by atoms with E-state index in [1.807, 2.05) is 0 Å². The lowest BCUT2D eigenvalue weighted by Crippen LogP contribution is -2.41. The molecule has 1 aromatic rings. The zero-order valence-electron chi connectivity index (χ0n) is 10.2. The number of hydrogen-bond acceptors (Lipinski definition) is 4. The van der Waals surface area contributed by atoms with Crippen molar-refractivity contribution in [1.82, 2.24) is 10.3 Å². The van der Waals surface area contributed by atoms with E-state index >= 15 is 0 Å². The number of hydrogen-bond donors (Lipinski definition) is 1. The van der Waals surface area contributed by atoms with Crippen LogP contribution in [0.25, 0.3) is 0 Å². The molecule has 0 bridgehead atoms. The van der Waals surface area contributed by atoms with E-state index < -0.39 is 17.9 Å². The number of halogens is 2. The monoisotopic (exact) mass is 302 g/mol. The maximum atomic E-state index is 12.0. The van der Waals surface area contributed by atoms with Gasteiger partial charge >= 0.3 is 5.97 Å². The van der Waals surface area contributed by atoms with Gasteiger partial charge in [-0.15, -0.1) is 6.58 Å². The van der Waals surface area contributed by atoms with Crippen LogP contribution in [-0.2, 0) is 9.53 Å². The largest absolute Gasteiger partial charge is 0.467 e. The highest BCUT2D eigenvalue weighted by Crippen LogP contribution is 2.22. The van der Waals surface area contributed by atoms with Crippen LogP contribution in [0.4, 0.5) is 0 Å². The van der Waals surface area contributed by atoms with Gasteiger partial charge in [0.2, 0.25) is 0 Å². The van der Waals surface area contributed by atoms with Crippen molar-refractivity contribution in [1.29, 1.82) is 0 Å². The molecule has 0 saturated carbocycles. The van der Waals surface area contributed by atoms with E-state index in [4.69, 9.17) is 23.2 Å². The minimum absolute atomic E-state index is 0.0660. The molecular weight excluding hydrogens is 291 g/mol. The normalized spacial score (nSPS) is 11.5. The Kier molecular flexibility index (Phi) is 5.79. The quantitative estimate of drug-likeness (QED) is 0.669. The number of carbonyl (C=O) groups is 2. The molecule has 1 amide bonds. The zero-order valence-corrected chi connectivity index (χ0v) is 11.7. The molecule has 7 heteroatoms. The molecule has 1 atom stereocenters. The average Bonchev–Trinajstić information content (AvgIpc) is 2.37. The molecule has 1 aromatic heterocycles. The number of nitrogens with one attached hydrogen (secondary N) is 1. The number of ether oxygens (including phenoxy) is 1. The standard InChI is InChI=1S/C12H12Cl2N2O3/c1-3-4-9(12(18)19-2)16-11(17)10-7(13)5-15-6-8(10)14/h3,5-6,9H,1,4H2,2H3,(H,16,17). The summed E-state index contributed by atoms with van der Waals surface area (Å²) in [6.07, 6.45) is 4.32. The third-order valence-corrected chi connectivity index (χ3v) is 2.85. The van der Waals surface area contributed by atoms with Gasteiger partial charge < -0.3 is 10.1 Å². The molecule has 0 aliphatic heterocycles. The lowest BCUT2D eigenvalue weighted by molar-refractivity contribution is -0.142. The Morgan fingerprint density at radius 3 is 2.53 bits per heavy atom. The second-order valence-electron chi connectivity index (χ2n) is 3.55. The summed E-state index contributed by atoms with van der Waals surface area (Å²) in [6, 6.07) is -0.838. The van der Waals surface area contributed by atoms with Crippen LogP contribution in [0.3, 0.4) is 0 Å². The molecule has 1 heterocycles. The number of esters is 1. The molecule has 0 saturated heterocycles. The summed E-state index contributed by atoms with van der Waals surface area (Å²) in [5, 5.41) is 2.69. The fraction of sp³-hybridized carbons (Fsp3) is 0.250. The van der Waals surface area contributed by atoms with Crippen molar-refractivity contribution >= 4 is 35.1 Å². The summed E-state index contributed by atoms with van der Waals surface area (Å²) in [4.78, 5) is 27.3. The van der Waals surface area contributed by atoms with Crippen LogP contribution in [-0.4, -0.2) is 30.0 Å². The fourth-order valence-corrected chi connectivity index (χ4v) is 1.92. The van der Waals surface area contributed by atoms with Crippen molar-refractivity contribution in [2.45, 2.75) is 12.5 Å². The molecule has 1 rings (SSSR count). The van der Waals surface area contributed by atoms with E-state index in [1.54, 1.807) is 0 Å². The van der Waals surface area contributed by atoms with Gasteiger partial charge in [-0.3, -0.25) is 9.78 Å². The second kappa shape index (κ2) is 7.11. The first-order valence-electron chi connectivity index (χ1n) is 5.29. The SMILES string of the molecule is C=CCC(NC(=O)c1c(Cl)cncc1Cl)C(=O)OC. The maximum absolute atomic E-state index is 12.0. The third kappa shape index (κ3) is 3.94. The summed E-state index contributed by atoms with van der Waals surface area (Å²) in [6.45, 7) is 3.51. The summed E-state index contributed by atoms with van der Waals surface area (Å²) >= 11 is 11.7. The summed E-state index contributed by atoms with van der Waals surface area (Å²) in [5.74, 6) is -1.15. The lowest BCUT2D eigenvalue weighted by Gasteiger charge is -2.15. The van der Waals surface area contributed by atoms with Gasteiger partial charge in [-0.05, 0) is 6.42 Å². The van der Waals surface area contributed by atoms with Crippen molar-refractivity contribution in [3.05, 3.63) is 40.7 Å². The Balaban J connectivity index is 2.94. The highest BCUT2D eigenvalue weighted by Gasteiger charge is 2.23. The molecule has 0 spiro atoms. The number of pyridine rings is 1. The van der Waals surface area contributed by atoms with Crippen LogP contribution >= 0.6 is 23.2 Å². The maximum Gasteiger partial charge on any atom is 0.328 e. The molecule has 1 unspecified atom stereocenters. The number of nitrogens with zero attached hydrogens (tertiary/aromatic N) is 1. The minimum atomic E-state index is -0.838. The second-order valence-corrected chi connectivity index (χ2v) is 4.37. The van der Waals surface area contributed by atoms with Gasteiger partial charge in [0.25, 0.3) is 5.91 Å². The summed E-state index contributed by atoms with van der Waals surface area (Å²) in [5.41, 5.74) is 0.0660. The van der Waals surface area contributed by atoms with Gasteiger partial charge in [0.1, 0.15) is 6.04 Å². The molecule has 1 N–H and O–H groups in total. The van der Waals surface area contributed by atoms with Crippen LogP contribution in [0.5, 0.6) is 0 Å². The lowest BCUT2D eigenvalue weighted by atomic mass is 10.1. The first kappa shape index (κ1) is 15.5. The molecule has 5 nitrogen and oxygen atoms in total. The molecule has 0 radical (unpaired) electrons. The van der Waals surface area contributed by atoms with E-state index in [2.05, 4.69) is 21.6 Å². The minimum Gasteiger partial charge on any atom is -0.467 e. The molecule has 102 valence electrons. The fourth-order valence-electron chi connectivity index (χ4n) is 1.38. The molecule has 0 aromatic carbocycles. The highest BCUT2D eigenvalue weighted by atomic mass is 35.5. The van der Waals surface area contributed by atoms with Gasteiger partial charge in [-0.25, -0.2) is 4.79 Å². The topological polar surface area (TPSA) is 68.3 Å². The number of carbonyl (C=O) groups excluding carboxylic acids is 2. The van der Waals surface area contributed by atoms with E-state index in [0.29, 0.717) is 0 Å². The van der Waals surface area contributed by atoms with Crippen LogP contribution in [0, 0.1) is 0 Å². The highest BCUT2D eigenvalue weighted by molar-refractivity contribution is 6.39. The average molecular weight is 303 g/mol. The Bertz CT molecular complexity index is 485. The van der Waals surface area contributed by atoms with Gasteiger partial charge in [0.15, 0.2) is 0 Å². The van der Waals surface area contributed by atoms with E-state index in [-0.39, 0.29) is 22.0 Å². The summed E-state index contributed by atoms with van der Waals surface area (Å²) < 4.78 is 4.58. The Hall–Kier alpha value is -1.59. The van der Waals surface area contributed by atoms with E-state index in [9.17, 15) is 9.59 Å². The number of aromatic nitrogens is 1. The smallest absolute Gasteiger partial charge is 0.328 e. The van der Waals surface area contributed by atoms with Gasteiger partial charge in [0.05, 0.1) is 22.7 Å². The van der Waals surface area contributed by atoms with Crippen LogP contribution in [0.15, 0.2) is 25.0 Å². The van der Waals surface area contributed by atoms with E-state index in [0.717, 1.165) is 0 Å². The van der Waals surface area contributed by atoms with Crippen molar-refractivity contribution < 1.29 is 14.3 Å². The predicted molar refractivity (Wildman–Crippen MR) is 72.3 cm³/mol. The first-order chi connectivity index (χ1) is 9.01. The van der Waals surface area contributed by atoms with Crippen molar-refractivity contribution in [2.75, 3.05) is 7.11 Å². The van der Waals surface area contributed by atoms with Gasteiger partial charge in [-0.1, -0.05) is 29.3 Å². The predicted octanol–water partition coefficient (Wildman–Crippen LogP) is 2.24. The van der Waals surface area contributed by atoms with Crippen LogP contribution in [0.2, 0.25) is 10.0 Å². The van der Waals surface area contributed by atoms with Crippen molar-refractivity contribution in [3.63, 3.8) is 0 Å².